The highest BCUT2D eigenvalue weighted by atomic mass is 79.9. The Morgan fingerprint density at radius 2 is 1.08 bits per heavy atom. The number of rotatable bonds is 4. The number of halogens is 2. The number of hydrogen-bond acceptors (Lipinski definition) is 2. The number of benzene rings is 2. The number of hydrogen-bond donors (Lipinski definition) is 0. The zero-order chi connectivity index (χ0) is 17.2. The molecule has 0 unspecified atom stereocenters. The standard InChI is InChI=1S/C19H14Br2N4/c20-16-7-3-1-5-14(16)18-9-11-24(22-18)13-25-12-10-19(23-25)15-6-2-4-8-17(15)21/h1-12H,13H2. The molecule has 0 aliphatic heterocycles. The van der Waals surface area contributed by atoms with Crippen molar-refractivity contribution in [2.24, 2.45) is 0 Å². The van der Waals surface area contributed by atoms with Crippen molar-refractivity contribution in [3.63, 3.8) is 0 Å². The first-order valence-electron chi connectivity index (χ1n) is 7.77. The zero-order valence-corrected chi connectivity index (χ0v) is 16.4. The molecule has 2 heterocycles. The van der Waals surface area contributed by atoms with Gasteiger partial charge in [-0.05, 0) is 24.3 Å². The van der Waals surface area contributed by atoms with Gasteiger partial charge in [0.05, 0.1) is 11.4 Å². The van der Waals surface area contributed by atoms with E-state index in [4.69, 9.17) is 0 Å². The summed E-state index contributed by atoms with van der Waals surface area (Å²) in [5.74, 6) is 0. The van der Waals surface area contributed by atoms with Crippen LogP contribution in [0.4, 0.5) is 0 Å². The second-order valence-electron chi connectivity index (χ2n) is 5.58. The maximum atomic E-state index is 4.65. The maximum Gasteiger partial charge on any atom is 0.133 e. The molecule has 124 valence electrons. The fraction of sp³-hybridized carbons (Fsp3) is 0.0526. The lowest BCUT2D eigenvalue weighted by atomic mass is 10.2. The highest BCUT2D eigenvalue weighted by Gasteiger charge is 2.08. The molecule has 4 rings (SSSR count). The predicted molar refractivity (Wildman–Crippen MR) is 106 cm³/mol. The average molecular weight is 458 g/mol. The minimum atomic E-state index is 0.564. The van der Waals surface area contributed by atoms with Crippen molar-refractivity contribution in [1.82, 2.24) is 19.6 Å². The van der Waals surface area contributed by atoms with E-state index in [0.717, 1.165) is 31.5 Å². The molecular formula is C19H14Br2N4. The van der Waals surface area contributed by atoms with Crippen LogP contribution >= 0.6 is 31.9 Å². The Morgan fingerprint density at radius 3 is 1.52 bits per heavy atom. The third-order valence-electron chi connectivity index (χ3n) is 3.87. The van der Waals surface area contributed by atoms with E-state index in [0.29, 0.717) is 6.67 Å². The Morgan fingerprint density at radius 1 is 0.640 bits per heavy atom. The van der Waals surface area contributed by atoms with Crippen LogP contribution < -0.4 is 0 Å². The Hall–Kier alpha value is -2.18. The van der Waals surface area contributed by atoms with Crippen molar-refractivity contribution in [1.29, 1.82) is 0 Å². The van der Waals surface area contributed by atoms with Crippen molar-refractivity contribution in [2.45, 2.75) is 6.67 Å². The molecule has 0 spiro atoms. The molecular weight excluding hydrogens is 444 g/mol. The molecule has 25 heavy (non-hydrogen) atoms. The van der Waals surface area contributed by atoms with E-state index in [1.165, 1.54) is 0 Å². The van der Waals surface area contributed by atoms with Crippen LogP contribution in [0, 0.1) is 0 Å². The summed E-state index contributed by atoms with van der Waals surface area (Å²) >= 11 is 7.15. The minimum absolute atomic E-state index is 0.564. The summed E-state index contributed by atoms with van der Waals surface area (Å²) in [6.07, 6.45) is 3.93. The van der Waals surface area contributed by atoms with Gasteiger partial charge in [-0.15, -0.1) is 0 Å². The highest BCUT2D eigenvalue weighted by Crippen LogP contribution is 2.27. The van der Waals surface area contributed by atoms with Crippen molar-refractivity contribution in [2.75, 3.05) is 0 Å². The molecule has 0 bridgehead atoms. The van der Waals surface area contributed by atoms with Gasteiger partial charge in [0, 0.05) is 32.5 Å². The number of nitrogens with zero attached hydrogens (tertiary/aromatic N) is 4. The second-order valence-corrected chi connectivity index (χ2v) is 7.29. The van der Waals surface area contributed by atoms with E-state index in [2.05, 4.69) is 54.2 Å². The molecule has 0 fully saturated rings. The van der Waals surface area contributed by atoms with E-state index in [-0.39, 0.29) is 0 Å². The molecule has 4 nitrogen and oxygen atoms in total. The van der Waals surface area contributed by atoms with Crippen LogP contribution in [-0.2, 0) is 6.67 Å². The molecule has 0 aliphatic rings. The van der Waals surface area contributed by atoms with E-state index in [1.54, 1.807) is 0 Å². The quantitative estimate of drug-likeness (QED) is 0.408. The SMILES string of the molecule is Brc1ccccc1-c1ccn(Cn2ccc(-c3ccccc3Br)n2)n1. The lowest BCUT2D eigenvalue weighted by molar-refractivity contribution is 0.505. The molecule has 0 radical (unpaired) electrons. The summed E-state index contributed by atoms with van der Waals surface area (Å²) in [4.78, 5) is 0. The summed E-state index contributed by atoms with van der Waals surface area (Å²) in [7, 11) is 0. The van der Waals surface area contributed by atoms with E-state index < -0.39 is 0 Å². The highest BCUT2D eigenvalue weighted by molar-refractivity contribution is 9.11. The Kier molecular flexibility index (Phi) is 4.55. The van der Waals surface area contributed by atoms with Crippen molar-refractivity contribution < 1.29 is 0 Å². The first-order valence-corrected chi connectivity index (χ1v) is 9.36. The van der Waals surface area contributed by atoms with Gasteiger partial charge in [-0.25, -0.2) is 0 Å². The zero-order valence-electron chi connectivity index (χ0n) is 13.2. The maximum absolute atomic E-state index is 4.65. The van der Waals surface area contributed by atoms with E-state index in [9.17, 15) is 0 Å². The van der Waals surface area contributed by atoms with Crippen LogP contribution in [0.25, 0.3) is 22.5 Å². The molecule has 4 aromatic rings. The minimum Gasteiger partial charge on any atom is -0.250 e. The second kappa shape index (κ2) is 6.98. The topological polar surface area (TPSA) is 35.6 Å². The van der Waals surface area contributed by atoms with Crippen LogP contribution in [-0.4, -0.2) is 19.6 Å². The van der Waals surface area contributed by atoms with E-state index in [1.807, 2.05) is 70.3 Å². The van der Waals surface area contributed by atoms with Gasteiger partial charge in [-0.3, -0.25) is 9.36 Å². The molecule has 0 amide bonds. The summed E-state index contributed by atoms with van der Waals surface area (Å²) < 4.78 is 5.84. The van der Waals surface area contributed by atoms with Gasteiger partial charge >= 0.3 is 0 Å². The van der Waals surface area contributed by atoms with Gasteiger partial charge in [0.1, 0.15) is 6.67 Å². The average Bonchev–Trinajstić information content (AvgIpc) is 3.26. The monoisotopic (exact) mass is 456 g/mol. The molecule has 0 saturated heterocycles. The molecule has 0 aliphatic carbocycles. The largest absolute Gasteiger partial charge is 0.250 e. The van der Waals surface area contributed by atoms with Crippen LogP contribution in [0.1, 0.15) is 0 Å². The van der Waals surface area contributed by atoms with Crippen LogP contribution in [0.2, 0.25) is 0 Å². The summed E-state index contributed by atoms with van der Waals surface area (Å²) in [6, 6.07) is 20.2. The smallest absolute Gasteiger partial charge is 0.133 e. The molecule has 0 atom stereocenters. The van der Waals surface area contributed by atoms with Crippen LogP contribution in [0.15, 0.2) is 82.0 Å². The summed E-state index contributed by atoms with van der Waals surface area (Å²) in [6.45, 7) is 0.564. The van der Waals surface area contributed by atoms with Gasteiger partial charge in [-0.1, -0.05) is 68.3 Å². The van der Waals surface area contributed by atoms with Crippen molar-refractivity contribution in [3.8, 4) is 22.5 Å². The van der Waals surface area contributed by atoms with Gasteiger partial charge in [0.15, 0.2) is 0 Å². The fourth-order valence-corrected chi connectivity index (χ4v) is 3.63. The molecule has 2 aromatic carbocycles. The normalized spacial score (nSPS) is 11.0. The van der Waals surface area contributed by atoms with Gasteiger partial charge < -0.3 is 0 Å². The van der Waals surface area contributed by atoms with Gasteiger partial charge in [0.25, 0.3) is 0 Å². The van der Waals surface area contributed by atoms with Gasteiger partial charge in [0.2, 0.25) is 0 Å². The lowest BCUT2D eigenvalue weighted by Gasteiger charge is -2.03. The molecule has 2 aromatic heterocycles. The van der Waals surface area contributed by atoms with Crippen molar-refractivity contribution in [3.05, 3.63) is 82.0 Å². The third kappa shape index (κ3) is 3.45. The van der Waals surface area contributed by atoms with E-state index >= 15 is 0 Å². The lowest BCUT2D eigenvalue weighted by Crippen LogP contribution is -2.09. The van der Waals surface area contributed by atoms with Crippen LogP contribution in [0.3, 0.4) is 0 Å². The van der Waals surface area contributed by atoms with Gasteiger partial charge in [-0.2, -0.15) is 10.2 Å². The first kappa shape index (κ1) is 16.3. The Labute approximate surface area is 162 Å². The van der Waals surface area contributed by atoms with Crippen LogP contribution in [0.5, 0.6) is 0 Å². The molecule has 6 heteroatoms. The summed E-state index contributed by atoms with van der Waals surface area (Å²) in [5.41, 5.74) is 4.03. The number of aromatic nitrogens is 4. The third-order valence-corrected chi connectivity index (χ3v) is 5.25. The Balaban J connectivity index is 1.56. The fourth-order valence-electron chi connectivity index (χ4n) is 2.65. The predicted octanol–water partition coefficient (Wildman–Crippen LogP) is 5.44. The molecule has 0 N–H and O–H groups in total. The molecule has 0 saturated carbocycles. The summed E-state index contributed by atoms with van der Waals surface area (Å²) in [5, 5.41) is 9.31. The Bertz CT molecular complexity index is 938. The first-order chi connectivity index (χ1) is 12.2. The van der Waals surface area contributed by atoms with Crippen molar-refractivity contribution >= 4 is 31.9 Å².